The van der Waals surface area contributed by atoms with Crippen LogP contribution in [-0.2, 0) is 9.59 Å². The zero-order chi connectivity index (χ0) is 18.9. The van der Waals surface area contributed by atoms with Crippen molar-refractivity contribution >= 4 is 17.6 Å². The van der Waals surface area contributed by atoms with Crippen LogP contribution in [0.2, 0.25) is 0 Å². The number of nitrogens with zero attached hydrogens (tertiary/aromatic N) is 1. The number of anilines is 1. The van der Waals surface area contributed by atoms with Crippen molar-refractivity contribution in [2.75, 3.05) is 5.32 Å². The van der Waals surface area contributed by atoms with E-state index in [2.05, 4.69) is 34.4 Å². The van der Waals surface area contributed by atoms with E-state index in [4.69, 9.17) is 0 Å². The third-order valence-corrected chi connectivity index (χ3v) is 5.92. The fourth-order valence-electron chi connectivity index (χ4n) is 3.76. The summed E-state index contributed by atoms with van der Waals surface area (Å²) in [6.45, 7) is 2.12. The van der Waals surface area contributed by atoms with Gasteiger partial charge in [-0.1, -0.05) is 38.0 Å². The Morgan fingerprint density at radius 1 is 1.15 bits per heavy atom. The summed E-state index contributed by atoms with van der Waals surface area (Å²) in [5.74, 6) is 8.18. The SMILES string of the molecule is CC1CC1C(=O)NC1(C#Cc2ccc(NC(=O)C3CC3)nc2)CCCCC1. The van der Waals surface area contributed by atoms with Crippen LogP contribution in [0.5, 0.6) is 0 Å². The highest BCUT2D eigenvalue weighted by molar-refractivity contribution is 5.93. The van der Waals surface area contributed by atoms with Crippen LogP contribution in [0.25, 0.3) is 0 Å². The van der Waals surface area contributed by atoms with Gasteiger partial charge in [-0.3, -0.25) is 9.59 Å². The number of pyridine rings is 1. The van der Waals surface area contributed by atoms with Crippen LogP contribution in [-0.4, -0.2) is 22.3 Å². The summed E-state index contributed by atoms with van der Waals surface area (Å²) >= 11 is 0. The molecule has 1 aromatic heterocycles. The Labute approximate surface area is 160 Å². The van der Waals surface area contributed by atoms with Gasteiger partial charge in [0.2, 0.25) is 11.8 Å². The number of hydrogen-bond donors (Lipinski definition) is 2. The number of hydrogen-bond acceptors (Lipinski definition) is 3. The second-order valence-electron chi connectivity index (χ2n) is 8.40. The van der Waals surface area contributed by atoms with Crippen molar-refractivity contribution in [2.24, 2.45) is 17.8 Å². The Morgan fingerprint density at radius 3 is 2.48 bits per heavy atom. The van der Waals surface area contributed by atoms with Gasteiger partial charge in [0.05, 0.1) is 0 Å². The molecule has 1 aromatic rings. The summed E-state index contributed by atoms with van der Waals surface area (Å²) in [6.07, 6.45) is 9.86. The zero-order valence-electron chi connectivity index (χ0n) is 15.9. The molecular weight excluding hydrogens is 338 g/mol. The van der Waals surface area contributed by atoms with E-state index in [-0.39, 0.29) is 23.7 Å². The van der Waals surface area contributed by atoms with E-state index >= 15 is 0 Å². The van der Waals surface area contributed by atoms with E-state index < -0.39 is 5.54 Å². The van der Waals surface area contributed by atoms with Crippen LogP contribution >= 0.6 is 0 Å². The smallest absolute Gasteiger partial charge is 0.228 e. The summed E-state index contributed by atoms with van der Waals surface area (Å²) in [5, 5.41) is 6.10. The average Bonchev–Trinajstić information content (AvgIpc) is 3.57. The molecule has 2 unspecified atom stereocenters. The second-order valence-corrected chi connectivity index (χ2v) is 8.40. The molecule has 1 heterocycles. The summed E-state index contributed by atoms with van der Waals surface area (Å²) in [5.41, 5.74) is 0.398. The fraction of sp³-hybridized carbons (Fsp3) is 0.591. The number of aromatic nitrogens is 1. The monoisotopic (exact) mass is 365 g/mol. The van der Waals surface area contributed by atoms with Crippen molar-refractivity contribution in [3.8, 4) is 11.8 Å². The molecule has 3 aliphatic carbocycles. The summed E-state index contributed by atoms with van der Waals surface area (Å²) in [6, 6.07) is 3.67. The third kappa shape index (κ3) is 4.50. The Hall–Kier alpha value is -2.35. The molecule has 5 heteroatoms. The topological polar surface area (TPSA) is 71.1 Å². The van der Waals surface area contributed by atoms with Crippen LogP contribution in [0, 0.1) is 29.6 Å². The Balaban J connectivity index is 1.44. The number of carbonyl (C=O) groups is 2. The highest BCUT2D eigenvalue weighted by Gasteiger charge is 2.42. The molecule has 0 radical (unpaired) electrons. The van der Waals surface area contributed by atoms with Crippen molar-refractivity contribution in [1.29, 1.82) is 0 Å². The molecule has 3 fully saturated rings. The molecule has 2 N–H and O–H groups in total. The van der Waals surface area contributed by atoms with Gasteiger partial charge in [0, 0.05) is 23.6 Å². The highest BCUT2D eigenvalue weighted by Crippen LogP contribution is 2.39. The number of carbonyl (C=O) groups excluding carboxylic acids is 2. The maximum absolute atomic E-state index is 12.5. The predicted molar refractivity (Wildman–Crippen MR) is 104 cm³/mol. The molecule has 0 bridgehead atoms. The van der Waals surface area contributed by atoms with Crippen molar-refractivity contribution < 1.29 is 9.59 Å². The molecule has 0 aromatic carbocycles. The van der Waals surface area contributed by atoms with E-state index in [9.17, 15) is 9.59 Å². The molecule has 4 rings (SSSR count). The van der Waals surface area contributed by atoms with E-state index in [0.29, 0.717) is 11.7 Å². The molecule has 0 spiro atoms. The first kappa shape index (κ1) is 18.0. The molecule has 142 valence electrons. The van der Waals surface area contributed by atoms with E-state index in [1.54, 1.807) is 12.3 Å². The van der Waals surface area contributed by atoms with E-state index in [1.807, 2.05) is 6.07 Å². The molecule has 2 amide bonds. The molecule has 3 aliphatic rings. The first-order chi connectivity index (χ1) is 13.0. The lowest BCUT2D eigenvalue weighted by molar-refractivity contribution is -0.124. The molecule has 27 heavy (non-hydrogen) atoms. The lowest BCUT2D eigenvalue weighted by Gasteiger charge is -2.33. The standard InChI is InChI=1S/C22H27N3O2/c1-15-13-18(15)21(27)25-22(10-3-2-4-11-22)12-9-16-5-8-19(23-14-16)24-20(26)17-6-7-17/h5,8,14-15,17-18H,2-4,6-7,10-11,13H2,1H3,(H,25,27)(H,23,24,26). The minimum absolute atomic E-state index is 0.0551. The van der Waals surface area contributed by atoms with Crippen LogP contribution in [0.1, 0.15) is 63.9 Å². The minimum atomic E-state index is -0.406. The van der Waals surface area contributed by atoms with Crippen molar-refractivity contribution in [3.63, 3.8) is 0 Å². The summed E-state index contributed by atoms with van der Waals surface area (Å²) in [4.78, 5) is 28.6. The van der Waals surface area contributed by atoms with Gasteiger partial charge in [0.25, 0.3) is 0 Å². The molecule has 3 saturated carbocycles. The van der Waals surface area contributed by atoms with Gasteiger partial charge in [-0.2, -0.15) is 0 Å². The van der Waals surface area contributed by atoms with E-state index in [0.717, 1.165) is 50.5 Å². The Morgan fingerprint density at radius 2 is 1.89 bits per heavy atom. The number of nitrogens with one attached hydrogen (secondary N) is 2. The number of amides is 2. The lowest BCUT2D eigenvalue weighted by Crippen LogP contribution is -2.49. The average molecular weight is 365 g/mol. The quantitative estimate of drug-likeness (QED) is 0.805. The minimum Gasteiger partial charge on any atom is -0.340 e. The summed E-state index contributed by atoms with van der Waals surface area (Å²) in [7, 11) is 0. The molecule has 0 aliphatic heterocycles. The molecule has 5 nitrogen and oxygen atoms in total. The maximum atomic E-state index is 12.5. The first-order valence-corrected chi connectivity index (χ1v) is 10.2. The van der Waals surface area contributed by atoms with Crippen LogP contribution in [0.3, 0.4) is 0 Å². The van der Waals surface area contributed by atoms with Gasteiger partial charge in [-0.25, -0.2) is 4.98 Å². The van der Waals surface area contributed by atoms with Gasteiger partial charge in [0.15, 0.2) is 0 Å². The van der Waals surface area contributed by atoms with Crippen molar-refractivity contribution in [1.82, 2.24) is 10.3 Å². The second kappa shape index (κ2) is 7.34. The fourth-order valence-corrected chi connectivity index (χ4v) is 3.76. The van der Waals surface area contributed by atoms with Gasteiger partial charge < -0.3 is 10.6 Å². The van der Waals surface area contributed by atoms with Crippen LogP contribution in [0.4, 0.5) is 5.82 Å². The largest absolute Gasteiger partial charge is 0.340 e. The van der Waals surface area contributed by atoms with Crippen LogP contribution in [0.15, 0.2) is 18.3 Å². The van der Waals surface area contributed by atoms with Gasteiger partial charge in [-0.05, 0) is 50.2 Å². The summed E-state index contributed by atoms with van der Waals surface area (Å²) < 4.78 is 0. The molecular formula is C22H27N3O2. The van der Waals surface area contributed by atoms with Gasteiger partial charge in [0.1, 0.15) is 11.4 Å². The molecule has 0 saturated heterocycles. The van der Waals surface area contributed by atoms with Crippen molar-refractivity contribution in [3.05, 3.63) is 23.9 Å². The van der Waals surface area contributed by atoms with Crippen molar-refractivity contribution in [2.45, 2.75) is 63.8 Å². The number of rotatable bonds is 4. The molecule has 2 atom stereocenters. The van der Waals surface area contributed by atoms with E-state index in [1.165, 1.54) is 6.42 Å². The Bertz CT molecular complexity index is 780. The zero-order valence-corrected chi connectivity index (χ0v) is 15.9. The van der Waals surface area contributed by atoms with Gasteiger partial charge in [-0.15, -0.1) is 0 Å². The highest BCUT2D eigenvalue weighted by atomic mass is 16.2. The predicted octanol–water partition coefficient (Wildman–Crippen LogP) is 3.26. The maximum Gasteiger partial charge on any atom is 0.228 e. The lowest BCUT2D eigenvalue weighted by atomic mass is 9.81. The Kier molecular flexibility index (Phi) is 4.90. The van der Waals surface area contributed by atoms with Crippen LogP contribution < -0.4 is 10.6 Å². The normalized spacial score (nSPS) is 25.7. The first-order valence-electron chi connectivity index (χ1n) is 10.2. The van der Waals surface area contributed by atoms with Gasteiger partial charge >= 0.3 is 0 Å². The third-order valence-electron chi connectivity index (χ3n) is 5.92.